The Kier molecular flexibility index (Phi) is 4.62. The minimum Gasteiger partial charge on any atom is -0.381 e. The van der Waals surface area contributed by atoms with Gasteiger partial charge in [0.1, 0.15) is 5.76 Å². The van der Waals surface area contributed by atoms with E-state index in [0.29, 0.717) is 6.54 Å². The average molecular weight is 287 g/mol. The molecule has 0 saturated heterocycles. The van der Waals surface area contributed by atoms with E-state index in [1.165, 1.54) is 0 Å². The minimum atomic E-state index is -0.0256. The van der Waals surface area contributed by atoms with Crippen molar-refractivity contribution in [3.63, 3.8) is 0 Å². The molecule has 0 fully saturated rings. The Morgan fingerprint density at radius 3 is 2.33 bits per heavy atom. The maximum atomic E-state index is 11.6. The molecule has 0 atom stereocenters. The van der Waals surface area contributed by atoms with Crippen molar-refractivity contribution in [3.05, 3.63) is 41.3 Å². The van der Waals surface area contributed by atoms with Gasteiger partial charge in [0.25, 0.3) is 0 Å². The van der Waals surface area contributed by atoms with Crippen LogP contribution in [0.2, 0.25) is 0 Å². The van der Waals surface area contributed by atoms with Crippen LogP contribution in [0.1, 0.15) is 30.9 Å². The van der Waals surface area contributed by atoms with E-state index in [2.05, 4.69) is 15.8 Å². The van der Waals surface area contributed by atoms with Crippen molar-refractivity contribution in [1.82, 2.24) is 5.16 Å². The second kappa shape index (κ2) is 6.43. The van der Waals surface area contributed by atoms with Gasteiger partial charge in [0.05, 0.1) is 5.69 Å². The summed E-state index contributed by atoms with van der Waals surface area (Å²) in [6.45, 7) is 8.24. The van der Waals surface area contributed by atoms with Gasteiger partial charge in [-0.15, -0.1) is 0 Å². The lowest BCUT2D eigenvalue weighted by Gasteiger charge is -2.10. The number of carbonyl (C=O) groups is 1. The molecule has 2 aromatic rings. The first-order valence-electron chi connectivity index (χ1n) is 7.04. The molecule has 2 rings (SSSR count). The summed E-state index contributed by atoms with van der Waals surface area (Å²) in [5.41, 5.74) is 3.77. The molecular weight excluding hydrogens is 266 g/mol. The van der Waals surface area contributed by atoms with Gasteiger partial charge in [-0.05, 0) is 38.1 Å². The largest absolute Gasteiger partial charge is 0.381 e. The van der Waals surface area contributed by atoms with E-state index in [0.717, 1.165) is 28.4 Å². The van der Waals surface area contributed by atoms with Crippen molar-refractivity contribution in [2.75, 3.05) is 10.6 Å². The monoisotopic (exact) mass is 287 g/mol. The van der Waals surface area contributed by atoms with Crippen molar-refractivity contribution in [2.45, 2.75) is 34.2 Å². The molecule has 0 spiro atoms. The lowest BCUT2D eigenvalue weighted by Crippen LogP contribution is -2.17. The highest BCUT2D eigenvalue weighted by Gasteiger charge is 2.09. The highest BCUT2D eigenvalue weighted by Crippen LogP contribution is 2.17. The number of hydrogen-bond donors (Lipinski definition) is 2. The van der Waals surface area contributed by atoms with Crippen LogP contribution in [0.25, 0.3) is 0 Å². The van der Waals surface area contributed by atoms with E-state index in [1.807, 2.05) is 52.0 Å². The molecule has 5 heteroatoms. The molecule has 0 aliphatic carbocycles. The van der Waals surface area contributed by atoms with Crippen LogP contribution in [0.4, 0.5) is 11.4 Å². The van der Waals surface area contributed by atoms with Gasteiger partial charge in [0.15, 0.2) is 0 Å². The number of nitrogens with one attached hydrogen (secondary N) is 2. The number of hydrogen-bond acceptors (Lipinski definition) is 4. The quantitative estimate of drug-likeness (QED) is 0.883. The van der Waals surface area contributed by atoms with Gasteiger partial charge in [0, 0.05) is 29.4 Å². The summed E-state index contributed by atoms with van der Waals surface area (Å²) in [6, 6.07) is 7.65. The van der Waals surface area contributed by atoms with Crippen LogP contribution in [0, 0.1) is 19.8 Å². The first-order valence-corrected chi connectivity index (χ1v) is 7.04. The fraction of sp³-hybridized carbons (Fsp3) is 0.375. The summed E-state index contributed by atoms with van der Waals surface area (Å²) < 4.78 is 5.13. The van der Waals surface area contributed by atoms with E-state index in [4.69, 9.17) is 4.52 Å². The Morgan fingerprint density at radius 1 is 1.19 bits per heavy atom. The molecule has 1 amide bonds. The number of aryl methyl sites for hydroxylation is 2. The summed E-state index contributed by atoms with van der Waals surface area (Å²) in [5, 5.41) is 10.1. The maximum absolute atomic E-state index is 11.6. The smallest absolute Gasteiger partial charge is 0.226 e. The number of nitrogens with zero attached hydrogens (tertiary/aromatic N) is 1. The minimum absolute atomic E-state index is 0.0198. The van der Waals surface area contributed by atoms with Crippen LogP contribution in [0.5, 0.6) is 0 Å². The van der Waals surface area contributed by atoms with Gasteiger partial charge in [-0.1, -0.05) is 19.0 Å². The van der Waals surface area contributed by atoms with Crippen LogP contribution >= 0.6 is 0 Å². The number of rotatable bonds is 5. The van der Waals surface area contributed by atoms with Gasteiger partial charge in [-0.2, -0.15) is 0 Å². The topological polar surface area (TPSA) is 67.2 Å². The Hall–Kier alpha value is -2.30. The molecule has 0 aliphatic rings. The molecule has 0 bridgehead atoms. The molecule has 0 unspecified atom stereocenters. The van der Waals surface area contributed by atoms with Gasteiger partial charge >= 0.3 is 0 Å². The lowest BCUT2D eigenvalue weighted by molar-refractivity contribution is -0.118. The molecule has 0 aliphatic heterocycles. The molecule has 1 heterocycles. The normalized spacial score (nSPS) is 10.7. The molecule has 2 N–H and O–H groups in total. The molecule has 1 aromatic heterocycles. The van der Waals surface area contributed by atoms with Gasteiger partial charge in [0.2, 0.25) is 5.91 Å². The second-order valence-corrected chi connectivity index (χ2v) is 5.38. The second-order valence-electron chi connectivity index (χ2n) is 5.38. The van der Waals surface area contributed by atoms with Gasteiger partial charge < -0.3 is 15.2 Å². The van der Waals surface area contributed by atoms with E-state index in [9.17, 15) is 4.79 Å². The van der Waals surface area contributed by atoms with E-state index in [1.54, 1.807) is 0 Å². The Bertz CT molecular complexity index is 595. The first kappa shape index (κ1) is 15.1. The average Bonchev–Trinajstić information content (AvgIpc) is 2.77. The Labute approximate surface area is 124 Å². The van der Waals surface area contributed by atoms with Crippen LogP contribution in [-0.2, 0) is 11.3 Å². The lowest BCUT2D eigenvalue weighted by atomic mass is 10.2. The van der Waals surface area contributed by atoms with Crippen LogP contribution in [0.3, 0.4) is 0 Å². The fourth-order valence-electron chi connectivity index (χ4n) is 1.90. The number of amides is 1. The van der Waals surface area contributed by atoms with Crippen molar-refractivity contribution in [3.8, 4) is 0 Å². The molecule has 112 valence electrons. The highest BCUT2D eigenvalue weighted by molar-refractivity contribution is 5.92. The van der Waals surface area contributed by atoms with Crippen LogP contribution in [-0.4, -0.2) is 11.1 Å². The fourth-order valence-corrected chi connectivity index (χ4v) is 1.90. The summed E-state index contributed by atoms with van der Waals surface area (Å²) in [5.74, 6) is 0.828. The molecule has 0 saturated carbocycles. The van der Waals surface area contributed by atoms with Crippen molar-refractivity contribution < 1.29 is 9.32 Å². The third kappa shape index (κ3) is 3.84. The number of carbonyl (C=O) groups excluding carboxylic acids is 1. The first-order chi connectivity index (χ1) is 9.97. The van der Waals surface area contributed by atoms with Gasteiger partial charge in [-0.25, -0.2) is 0 Å². The van der Waals surface area contributed by atoms with Crippen LogP contribution in [0.15, 0.2) is 28.8 Å². The summed E-state index contributed by atoms with van der Waals surface area (Å²) in [7, 11) is 0. The zero-order valence-electron chi connectivity index (χ0n) is 12.9. The predicted octanol–water partition coefficient (Wildman–Crippen LogP) is 3.50. The van der Waals surface area contributed by atoms with Crippen molar-refractivity contribution >= 4 is 17.3 Å². The standard InChI is InChI=1S/C16H21N3O2/c1-10(2)16(20)18-14-7-5-13(6-8-14)17-9-15-11(3)19-21-12(15)4/h5-8,10,17H,9H2,1-4H3,(H,18,20). The van der Waals surface area contributed by atoms with Gasteiger partial charge in [-0.3, -0.25) is 4.79 Å². The summed E-state index contributed by atoms with van der Waals surface area (Å²) >= 11 is 0. The zero-order chi connectivity index (χ0) is 15.4. The third-order valence-corrected chi connectivity index (χ3v) is 3.33. The van der Waals surface area contributed by atoms with Crippen molar-refractivity contribution in [1.29, 1.82) is 0 Å². The van der Waals surface area contributed by atoms with E-state index >= 15 is 0 Å². The SMILES string of the molecule is Cc1noc(C)c1CNc1ccc(NC(=O)C(C)C)cc1. The molecule has 5 nitrogen and oxygen atoms in total. The molecule has 1 aromatic carbocycles. The summed E-state index contributed by atoms with van der Waals surface area (Å²) in [6.07, 6.45) is 0. The van der Waals surface area contributed by atoms with Crippen molar-refractivity contribution in [2.24, 2.45) is 5.92 Å². The number of anilines is 2. The van der Waals surface area contributed by atoms with E-state index in [-0.39, 0.29) is 11.8 Å². The molecule has 21 heavy (non-hydrogen) atoms. The Balaban J connectivity index is 1.95. The predicted molar refractivity (Wildman–Crippen MR) is 83.2 cm³/mol. The molecular formula is C16H21N3O2. The third-order valence-electron chi connectivity index (χ3n) is 3.33. The zero-order valence-corrected chi connectivity index (χ0v) is 12.9. The van der Waals surface area contributed by atoms with Crippen LogP contribution < -0.4 is 10.6 Å². The maximum Gasteiger partial charge on any atom is 0.226 e. The number of aromatic nitrogens is 1. The highest BCUT2D eigenvalue weighted by atomic mass is 16.5. The van der Waals surface area contributed by atoms with E-state index < -0.39 is 0 Å². The molecule has 0 radical (unpaired) electrons. The number of benzene rings is 1. The Morgan fingerprint density at radius 2 is 1.81 bits per heavy atom. The summed E-state index contributed by atoms with van der Waals surface area (Å²) in [4.78, 5) is 11.6.